The number of carbonyl (C=O) groups excluding carboxylic acids is 2. The quantitative estimate of drug-likeness (QED) is 0.476. The number of hydrogen-bond donors (Lipinski definition) is 3. The minimum absolute atomic E-state index is 0.243. The summed E-state index contributed by atoms with van der Waals surface area (Å²) in [5.41, 5.74) is 12.5. The third-order valence-electron chi connectivity index (χ3n) is 1.95. The van der Waals surface area contributed by atoms with E-state index in [1.807, 2.05) is 0 Å². The van der Waals surface area contributed by atoms with E-state index in [0.717, 1.165) is 0 Å². The smallest absolute Gasteiger partial charge is 0.332 e. The highest BCUT2D eigenvalue weighted by molar-refractivity contribution is 5.82. The van der Waals surface area contributed by atoms with E-state index in [2.05, 4.69) is 10.5 Å². The molecule has 3 amide bonds. The number of amides is 3. The number of urea groups is 1. The number of hydrogen-bond acceptors (Lipinski definition) is 5. The van der Waals surface area contributed by atoms with E-state index < -0.39 is 11.9 Å². The fourth-order valence-corrected chi connectivity index (χ4v) is 1.20. The number of nitrogens with two attached hydrogens (primary N) is 2. The van der Waals surface area contributed by atoms with Crippen molar-refractivity contribution in [1.82, 2.24) is 5.43 Å². The van der Waals surface area contributed by atoms with Gasteiger partial charge in [0.05, 0.1) is 13.3 Å². The van der Waals surface area contributed by atoms with Gasteiger partial charge in [-0.2, -0.15) is 5.10 Å². The van der Waals surface area contributed by atoms with E-state index in [0.29, 0.717) is 17.1 Å². The van der Waals surface area contributed by atoms with Crippen molar-refractivity contribution < 1.29 is 19.1 Å². The number of ether oxygens (including phenoxy) is 2. The summed E-state index contributed by atoms with van der Waals surface area (Å²) in [6.07, 6.45) is 1.38. The molecule has 0 spiro atoms. The van der Waals surface area contributed by atoms with Crippen molar-refractivity contribution in [3.8, 4) is 11.5 Å². The average molecular weight is 266 g/mol. The SMILES string of the molecule is COc1cc(/C=N\NC(N)=O)ccc1OCC(N)=O. The largest absolute Gasteiger partial charge is 0.493 e. The highest BCUT2D eigenvalue weighted by Crippen LogP contribution is 2.27. The Bertz CT molecular complexity index is 501. The molecule has 102 valence electrons. The van der Waals surface area contributed by atoms with E-state index >= 15 is 0 Å². The van der Waals surface area contributed by atoms with Gasteiger partial charge in [-0.1, -0.05) is 0 Å². The van der Waals surface area contributed by atoms with Crippen molar-refractivity contribution in [2.24, 2.45) is 16.6 Å². The lowest BCUT2D eigenvalue weighted by Crippen LogP contribution is -2.24. The zero-order chi connectivity index (χ0) is 14.3. The van der Waals surface area contributed by atoms with E-state index in [9.17, 15) is 9.59 Å². The zero-order valence-corrected chi connectivity index (χ0v) is 10.3. The molecule has 0 unspecified atom stereocenters. The number of primary amides is 2. The molecule has 1 rings (SSSR count). The maximum atomic E-state index is 10.6. The summed E-state index contributed by atoms with van der Waals surface area (Å²) >= 11 is 0. The Labute approximate surface area is 109 Å². The molecule has 8 nitrogen and oxygen atoms in total. The maximum absolute atomic E-state index is 10.6. The number of carbonyl (C=O) groups is 2. The van der Waals surface area contributed by atoms with Gasteiger partial charge in [-0.3, -0.25) is 4.79 Å². The van der Waals surface area contributed by atoms with Crippen LogP contribution in [-0.2, 0) is 4.79 Å². The van der Waals surface area contributed by atoms with Crippen molar-refractivity contribution in [2.75, 3.05) is 13.7 Å². The molecule has 19 heavy (non-hydrogen) atoms. The monoisotopic (exact) mass is 266 g/mol. The molecular formula is C11H14N4O4. The second-order valence-electron chi connectivity index (χ2n) is 3.40. The second kappa shape index (κ2) is 6.84. The lowest BCUT2D eigenvalue weighted by molar-refractivity contribution is -0.119. The van der Waals surface area contributed by atoms with Gasteiger partial charge in [-0.15, -0.1) is 0 Å². The molecule has 0 heterocycles. The van der Waals surface area contributed by atoms with Gasteiger partial charge >= 0.3 is 6.03 Å². The first-order valence-electron chi connectivity index (χ1n) is 5.20. The van der Waals surface area contributed by atoms with Crippen molar-refractivity contribution in [3.63, 3.8) is 0 Å². The third-order valence-corrected chi connectivity index (χ3v) is 1.95. The van der Waals surface area contributed by atoms with Gasteiger partial charge < -0.3 is 20.9 Å². The fourth-order valence-electron chi connectivity index (χ4n) is 1.20. The van der Waals surface area contributed by atoms with Gasteiger partial charge in [0.25, 0.3) is 5.91 Å². The first-order chi connectivity index (χ1) is 9.02. The predicted octanol–water partition coefficient (Wildman–Crippen LogP) is -0.438. The van der Waals surface area contributed by atoms with Gasteiger partial charge in [-0.05, 0) is 23.8 Å². The lowest BCUT2D eigenvalue weighted by atomic mass is 10.2. The first kappa shape index (κ1) is 14.3. The Morgan fingerprint density at radius 1 is 1.37 bits per heavy atom. The molecule has 0 bridgehead atoms. The van der Waals surface area contributed by atoms with Crippen LogP contribution in [-0.4, -0.2) is 31.9 Å². The van der Waals surface area contributed by atoms with Crippen molar-refractivity contribution in [2.45, 2.75) is 0 Å². The molecule has 0 aromatic heterocycles. The molecule has 8 heteroatoms. The molecule has 0 aliphatic carbocycles. The Kier molecular flexibility index (Phi) is 5.15. The Morgan fingerprint density at radius 2 is 2.11 bits per heavy atom. The Balaban J connectivity index is 2.80. The van der Waals surface area contributed by atoms with Crippen LogP contribution in [0.1, 0.15) is 5.56 Å². The topological polar surface area (TPSA) is 129 Å². The number of nitrogens with one attached hydrogen (secondary N) is 1. The summed E-state index contributed by atoms with van der Waals surface area (Å²) in [6.45, 7) is -0.243. The summed E-state index contributed by atoms with van der Waals surface area (Å²) in [5, 5.41) is 3.60. The average Bonchev–Trinajstić information content (AvgIpc) is 2.36. The van der Waals surface area contributed by atoms with Crippen LogP contribution in [0.2, 0.25) is 0 Å². The number of methoxy groups -OCH3 is 1. The normalized spacial score (nSPS) is 10.2. The Morgan fingerprint density at radius 3 is 2.68 bits per heavy atom. The minimum atomic E-state index is -0.760. The molecule has 0 aliphatic rings. The summed E-state index contributed by atoms with van der Waals surface area (Å²) < 4.78 is 10.2. The highest BCUT2D eigenvalue weighted by atomic mass is 16.5. The second-order valence-corrected chi connectivity index (χ2v) is 3.40. The third kappa shape index (κ3) is 4.94. The predicted molar refractivity (Wildman–Crippen MR) is 68.0 cm³/mol. The minimum Gasteiger partial charge on any atom is -0.493 e. The fraction of sp³-hybridized carbons (Fsp3) is 0.182. The summed E-state index contributed by atoms with van der Waals surface area (Å²) in [6, 6.07) is 4.10. The van der Waals surface area contributed by atoms with Gasteiger partial charge in [-0.25, -0.2) is 10.2 Å². The van der Waals surface area contributed by atoms with Crippen molar-refractivity contribution in [3.05, 3.63) is 23.8 Å². The maximum Gasteiger partial charge on any atom is 0.332 e. The molecule has 5 N–H and O–H groups in total. The van der Waals surface area contributed by atoms with Crippen molar-refractivity contribution in [1.29, 1.82) is 0 Å². The summed E-state index contributed by atoms with van der Waals surface area (Å²) in [5.74, 6) is 0.198. The number of hydrazone groups is 1. The molecular weight excluding hydrogens is 252 g/mol. The van der Waals surface area contributed by atoms with E-state index in [1.54, 1.807) is 18.2 Å². The van der Waals surface area contributed by atoms with E-state index in [4.69, 9.17) is 20.9 Å². The van der Waals surface area contributed by atoms with Gasteiger partial charge in [0.2, 0.25) is 0 Å². The molecule has 1 aromatic carbocycles. The van der Waals surface area contributed by atoms with Gasteiger partial charge in [0.1, 0.15) is 0 Å². The molecule has 0 saturated heterocycles. The van der Waals surface area contributed by atoms with E-state index in [-0.39, 0.29) is 6.61 Å². The summed E-state index contributed by atoms with van der Waals surface area (Å²) in [7, 11) is 1.45. The van der Waals surface area contributed by atoms with Crippen LogP contribution >= 0.6 is 0 Å². The standard InChI is InChI=1S/C11H14N4O4/c1-18-9-4-7(5-14-15-11(13)17)2-3-8(9)19-6-10(12)16/h2-5H,6H2,1H3,(H2,12,16)(H3,13,15,17)/b14-5-. The van der Waals surface area contributed by atoms with Crippen LogP contribution in [0.25, 0.3) is 0 Å². The summed E-state index contributed by atoms with van der Waals surface area (Å²) in [4.78, 5) is 21.1. The highest BCUT2D eigenvalue weighted by Gasteiger charge is 2.06. The number of rotatable bonds is 6. The van der Waals surface area contributed by atoms with Crippen LogP contribution in [0.4, 0.5) is 4.79 Å². The molecule has 1 aromatic rings. The van der Waals surface area contributed by atoms with E-state index in [1.165, 1.54) is 13.3 Å². The van der Waals surface area contributed by atoms with Crippen LogP contribution in [0.5, 0.6) is 11.5 Å². The zero-order valence-electron chi connectivity index (χ0n) is 10.3. The Hall–Kier alpha value is -2.77. The molecule has 0 fully saturated rings. The van der Waals surface area contributed by atoms with Crippen LogP contribution < -0.4 is 26.4 Å². The lowest BCUT2D eigenvalue weighted by Gasteiger charge is -2.09. The first-order valence-corrected chi connectivity index (χ1v) is 5.20. The molecule has 0 saturated carbocycles. The van der Waals surface area contributed by atoms with Crippen molar-refractivity contribution >= 4 is 18.2 Å². The number of benzene rings is 1. The molecule has 0 atom stereocenters. The molecule has 0 radical (unpaired) electrons. The van der Waals surface area contributed by atoms with Gasteiger partial charge in [0, 0.05) is 0 Å². The number of nitrogens with zero attached hydrogens (tertiary/aromatic N) is 1. The van der Waals surface area contributed by atoms with Gasteiger partial charge in [0.15, 0.2) is 18.1 Å². The van der Waals surface area contributed by atoms with Crippen LogP contribution in [0, 0.1) is 0 Å². The van der Waals surface area contributed by atoms with Crippen LogP contribution in [0.3, 0.4) is 0 Å². The molecule has 0 aliphatic heterocycles. The van der Waals surface area contributed by atoms with Crippen LogP contribution in [0.15, 0.2) is 23.3 Å².